The number of esters is 2. The number of ether oxygens (including phenoxy) is 2. The number of thioether (sulfide) groups is 1. The third-order valence-corrected chi connectivity index (χ3v) is 13.4. The summed E-state index contributed by atoms with van der Waals surface area (Å²) in [6.07, 6.45) is 34.7. The molecule has 70 heavy (non-hydrogen) atoms. The molecule has 0 aromatic heterocycles. The molecule has 0 fully saturated rings. The van der Waals surface area contributed by atoms with Crippen LogP contribution < -0.4 is 21.7 Å². The van der Waals surface area contributed by atoms with Gasteiger partial charge in [0.2, 0.25) is 23.6 Å². The lowest BCUT2D eigenvalue weighted by molar-refractivity contribution is -0.157. The molecule has 0 spiro atoms. The van der Waals surface area contributed by atoms with E-state index in [-0.39, 0.29) is 68.1 Å². The first kappa shape index (κ1) is 68.7. The van der Waals surface area contributed by atoms with Gasteiger partial charge in [-0.15, -0.1) is 0 Å². The number of hydrogen-bond acceptors (Lipinski definition) is 10. The van der Waals surface area contributed by atoms with E-state index in [2.05, 4.69) is 36.7 Å². The van der Waals surface area contributed by atoms with Crippen molar-refractivity contribution >= 4 is 53.3 Å². The summed E-state index contributed by atoms with van der Waals surface area (Å²) in [5.74, 6) is -4.23. The Balaban J connectivity index is 0. The topological polar surface area (TPSA) is 220 Å². The van der Waals surface area contributed by atoms with Gasteiger partial charge in [0.1, 0.15) is 24.8 Å². The van der Waals surface area contributed by atoms with Crippen molar-refractivity contribution in [3.8, 4) is 0 Å². The number of hydrogen-bond donors (Lipinski definition) is 5. The first-order valence-electron chi connectivity index (χ1n) is 28.2. The number of aliphatic carboxylic acids is 1. The molecule has 0 unspecified atom stereocenters. The summed E-state index contributed by atoms with van der Waals surface area (Å²) in [6.45, 7) is 9.97. The van der Waals surface area contributed by atoms with Crippen LogP contribution in [-0.2, 0) is 43.0 Å². The van der Waals surface area contributed by atoms with Crippen molar-refractivity contribution in [2.45, 2.75) is 284 Å². The molecule has 0 rings (SSSR count). The van der Waals surface area contributed by atoms with E-state index in [1.807, 2.05) is 13.8 Å². The van der Waals surface area contributed by atoms with Crippen LogP contribution in [0.2, 0.25) is 0 Å². The highest BCUT2D eigenvalue weighted by atomic mass is 32.2. The zero-order valence-electron chi connectivity index (χ0n) is 45.1. The number of unbranched alkanes of at least 4 members (excludes halogenated alkanes) is 28. The third kappa shape index (κ3) is 47.0. The smallest absolute Gasteiger partial charge is 0.306 e. The van der Waals surface area contributed by atoms with Gasteiger partial charge in [-0.3, -0.25) is 33.6 Å². The van der Waals surface area contributed by atoms with Gasteiger partial charge in [0.15, 0.2) is 0 Å². The lowest BCUT2D eigenvalue weighted by atomic mass is 10.0. The molecule has 0 heterocycles. The minimum atomic E-state index is -1.24. The first-order valence-corrected chi connectivity index (χ1v) is 29.4. The largest absolute Gasteiger partial charge is 0.481 e. The lowest BCUT2D eigenvalue weighted by Crippen LogP contribution is -2.52. The molecule has 14 nitrogen and oxygen atoms in total. The summed E-state index contributed by atoms with van der Waals surface area (Å²) in [6, 6.07) is -2.30. The molecule has 15 heteroatoms. The fourth-order valence-electron chi connectivity index (χ4n) is 7.94. The molecule has 0 aromatic rings. The number of primary amides is 1. The molecule has 0 saturated heterocycles. The van der Waals surface area contributed by atoms with Crippen molar-refractivity contribution in [3.05, 3.63) is 0 Å². The van der Waals surface area contributed by atoms with Crippen LogP contribution in [0.5, 0.6) is 0 Å². The van der Waals surface area contributed by atoms with Gasteiger partial charge in [-0.25, -0.2) is 0 Å². The molecule has 0 aromatic carbocycles. The van der Waals surface area contributed by atoms with Crippen LogP contribution in [0.15, 0.2) is 0 Å². The molecule has 0 bridgehead atoms. The summed E-state index contributed by atoms with van der Waals surface area (Å²) < 4.78 is 11.5. The number of rotatable bonds is 50. The number of carboxylic acid groups (broad SMARTS) is 1. The molecule has 0 aliphatic carbocycles. The van der Waals surface area contributed by atoms with Crippen LogP contribution in [0.4, 0.5) is 0 Å². The maximum Gasteiger partial charge on any atom is 0.306 e. The normalized spacial score (nSPS) is 12.2. The van der Waals surface area contributed by atoms with Crippen LogP contribution in [0.25, 0.3) is 0 Å². The second-order valence-electron chi connectivity index (χ2n) is 18.8. The zero-order chi connectivity index (χ0) is 52.3. The zero-order valence-corrected chi connectivity index (χ0v) is 45.9. The summed E-state index contributed by atoms with van der Waals surface area (Å²) >= 11 is 1.25. The number of carboxylic acids is 1. The molecule has 4 amide bonds. The first-order chi connectivity index (χ1) is 33.9. The Morgan fingerprint density at radius 1 is 0.486 bits per heavy atom. The van der Waals surface area contributed by atoms with Crippen molar-refractivity contribution in [2.75, 3.05) is 24.7 Å². The second-order valence-corrected chi connectivity index (χ2v) is 19.8. The molecule has 0 saturated carbocycles. The maximum absolute atomic E-state index is 13.5. The van der Waals surface area contributed by atoms with Gasteiger partial charge in [0.25, 0.3) is 0 Å². The minimum absolute atomic E-state index is 0.0685. The number of carbonyl (C=O) groups excluding carboxylic acids is 6. The van der Waals surface area contributed by atoms with Gasteiger partial charge in [0, 0.05) is 37.2 Å². The fourth-order valence-corrected chi connectivity index (χ4v) is 8.97. The molecular weight excluding hydrogens is 909 g/mol. The Bertz CT molecular complexity index is 1320. The fraction of sp³-hybridized carbons (Fsp3) is 0.873. The summed E-state index contributed by atoms with van der Waals surface area (Å²) in [5.41, 5.74) is 5.35. The van der Waals surface area contributed by atoms with E-state index in [0.717, 1.165) is 64.2 Å². The molecule has 6 N–H and O–H groups in total. The van der Waals surface area contributed by atoms with E-state index in [0.29, 0.717) is 12.8 Å². The summed E-state index contributed by atoms with van der Waals surface area (Å²) in [7, 11) is 0. The average Bonchev–Trinajstić information content (AvgIpc) is 3.34. The van der Waals surface area contributed by atoms with Gasteiger partial charge >= 0.3 is 17.9 Å². The molecule has 410 valence electrons. The highest BCUT2D eigenvalue weighted by Gasteiger charge is 2.25. The second kappa shape index (κ2) is 52.0. The molecule has 3 atom stereocenters. The van der Waals surface area contributed by atoms with Gasteiger partial charge < -0.3 is 36.3 Å². The van der Waals surface area contributed by atoms with E-state index in [4.69, 9.17) is 20.3 Å². The van der Waals surface area contributed by atoms with E-state index < -0.39 is 48.4 Å². The maximum atomic E-state index is 13.5. The minimum Gasteiger partial charge on any atom is -0.481 e. The van der Waals surface area contributed by atoms with E-state index >= 15 is 0 Å². The van der Waals surface area contributed by atoms with Gasteiger partial charge in [0.05, 0.1) is 6.54 Å². The van der Waals surface area contributed by atoms with Crippen molar-refractivity contribution in [3.63, 3.8) is 0 Å². The predicted octanol–water partition coefficient (Wildman–Crippen LogP) is 12.0. The summed E-state index contributed by atoms with van der Waals surface area (Å²) in [5, 5.41) is 16.7. The Morgan fingerprint density at radius 2 is 0.871 bits per heavy atom. The number of nitrogens with one attached hydrogen (secondary N) is 3. The predicted molar refractivity (Wildman–Crippen MR) is 286 cm³/mol. The van der Waals surface area contributed by atoms with Crippen LogP contribution in [-0.4, -0.2) is 89.5 Å². The van der Waals surface area contributed by atoms with Gasteiger partial charge in [-0.1, -0.05) is 214 Å². The average molecular weight is 1010 g/mol. The number of carbonyl (C=O) groups is 7. The van der Waals surface area contributed by atoms with E-state index in [1.54, 1.807) is 0 Å². The monoisotopic (exact) mass is 1010 g/mol. The van der Waals surface area contributed by atoms with Crippen molar-refractivity contribution in [1.29, 1.82) is 0 Å². The Morgan fingerprint density at radius 3 is 1.29 bits per heavy atom. The standard InChI is InChI=1S/C53H98N4O10S.C2H6/c1-4-7-10-13-16-19-20-21-22-25-26-29-32-35-47(58)57-46(53(65)55-40-48(59)56-45(52(54)64)38-39-49(60)61)43-68-42-44(67-51(63)37-34-31-28-24-18-15-12-9-6-3)41-66-50(62)36-33-30-27-23-17-14-11-8-5-2;1-2/h44-46H,4-43H2,1-3H3,(H2,54,64)(H,55,65)(H,56,59)(H,57,58)(H,60,61);1-2H3/t44-,45-,46+;/m1./s1. The highest BCUT2D eigenvalue weighted by molar-refractivity contribution is 7.99. The summed E-state index contributed by atoms with van der Waals surface area (Å²) in [4.78, 5) is 88.1. The van der Waals surface area contributed by atoms with Crippen molar-refractivity contribution < 1.29 is 48.1 Å². The van der Waals surface area contributed by atoms with Crippen LogP contribution in [0.3, 0.4) is 0 Å². The molecule has 0 radical (unpaired) electrons. The van der Waals surface area contributed by atoms with E-state index in [9.17, 15) is 33.6 Å². The SMILES string of the molecule is CC.CCCCCCCCCCCCCCCC(=O)N[C@@H](CSC[C@@H](COC(=O)CCCCCCCCCCC)OC(=O)CCCCCCCCCCC)C(=O)NCC(=O)N[C@H](CCC(=O)O)C(N)=O. The Kier molecular flexibility index (Phi) is 51.0. The van der Waals surface area contributed by atoms with Gasteiger partial charge in [-0.2, -0.15) is 11.8 Å². The quantitative estimate of drug-likeness (QED) is 0.0285. The number of nitrogens with two attached hydrogens (primary N) is 1. The number of amides is 4. The van der Waals surface area contributed by atoms with Crippen molar-refractivity contribution in [2.24, 2.45) is 5.73 Å². The Hall–Kier alpha value is -3.36. The van der Waals surface area contributed by atoms with Crippen LogP contribution >= 0.6 is 11.8 Å². The molecular formula is C55H104N4O10S. The lowest BCUT2D eigenvalue weighted by Gasteiger charge is -2.21. The third-order valence-electron chi connectivity index (χ3n) is 12.2. The Labute approximate surface area is 430 Å². The highest BCUT2D eigenvalue weighted by Crippen LogP contribution is 2.17. The van der Waals surface area contributed by atoms with Crippen LogP contribution in [0, 0.1) is 0 Å². The van der Waals surface area contributed by atoms with Crippen LogP contribution in [0.1, 0.15) is 266 Å². The van der Waals surface area contributed by atoms with Crippen molar-refractivity contribution in [1.82, 2.24) is 16.0 Å². The van der Waals surface area contributed by atoms with E-state index in [1.165, 1.54) is 134 Å². The molecule has 0 aliphatic rings. The molecule has 0 aliphatic heterocycles. The van der Waals surface area contributed by atoms with Gasteiger partial charge in [-0.05, 0) is 25.7 Å².